The average Bonchev–Trinajstić information content (AvgIpc) is 3.21. The van der Waals surface area contributed by atoms with Gasteiger partial charge in [0.05, 0.1) is 18.7 Å². The molecule has 1 aliphatic rings. The van der Waals surface area contributed by atoms with Gasteiger partial charge in [0.25, 0.3) is 17.4 Å². The minimum Gasteiger partial charge on any atom is -0.308 e. The van der Waals surface area contributed by atoms with Crippen molar-refractivity contribution in [1.29, 1.82) is 0 Å². The molecule has 3 heterocycles. The van der Waals surface area contributed by atoms with Crippen LogP contribution in [0.1, 0.15) is 22.3 Å². The second-order valence-electron chi connectivity index (χ2n) is 7.57. The number of hydrazone groups is 1. The van der Waals surface area contributed by atoms with Crippen molar-refractivity contribution in [2.45, 2.75) is 13.0 Å². The van der Waals surface area contributed by atoms with Crippen LogP contribution in [0.15, 0.2) is 95.0 Å². The molecule has 8 heteroatoms. The van der Waals surface area contributed by atoms with Gasteiger partial charge in [-0.05, 0) is 35.9 Å². The predicted octanol–water partition coefficient (Wildman–Crippen LogP) is 2.93. The van der Waals surface area contributed by atoms with E-state index in [1.807, 2.05) is 36.4 Å². The lowest BCUT2D eigenvalue weighted by atomic mass is 10.1. The molecule has 0 unspecified atom stereocenters. The van der Waals surface area contributed by atoms with Gasteiger partial charge in [-0.25, -0.2) is 4.98 Å². The predicted molar refractivity (Wildman–Crippen MR) is 125 cm³/mol. The zero-order valence-corrected chi connectivity index (χ0v) is 17.5. The molecule has 2 aromatic carbocycles. The Kier molecular flexibility index (Phi) is 5.24. The first-order valence-electron chi connectivity index (χ1n) is 10.4. The highest BCUT2D eigenvalue weighted by atomic mass is 16.2. The first kappa shape index (κ1) is 20.3. The van der Waals surface area contributed by atoms with Crippen LogP contribution in [-0.2, 0) is 11.3 Å². The molecule has 0 bridgehead atoms. The summed E-state index contributed by atoms with van der Waals surface area (Å²) in [7, 11) is 0. The number of carbonyl (C=O) groups excluding carboxylic acids is 2. The van der Waals surface area contributed by atoms with Crippen molar-refractivity contribution in [1.82, 2.24) is 14.9 Å². The van der Waals surface area contributed by atoms with Crippen molar-refractivity contribution in [3.8, 4) is 0 Å². The van der Waals surface area contributed by atoms with Crippen LogP contribution in [0.3, 0.4) is 0 Å². The summed E-state index contributed by atoms with van der Waals surface area (Å²) in [6.45, 7) is 0.273. The number of aromatic nitrogens is 2. The Morgan fingerprint density at radius 2 is 1.67 bits per heavy atom. The van der Waals surface area contributed by atoms with Crippen molar-refractivity contribution in [2.75, 3.05) is 5.01 Å². The normalized spacial score (nSPS) is 13.3. The second kappa shape index (κ2) is 8.51. The molecule has 2 aromatic heterocycles. The van der Waals surface area contributed by atoms with Gasteiger partial charge in [-0.3, -0.25) is 19.0 Å². The fourth-order valence-electron chi connectivity index (χ4n) is 3.75. The molecule has 0 aliphatic carbocycles. The van der Waals surface area contributed by atoms with Crippen LogP contribution in [0, 0.1) is 0 Å². The van der Waals surface area contributed by atoms with E-state index in [4.69, 9.17) is 0 Å². The first-order valence-corrected chi connectivity index (χ1v) is 10.4. The number of nitrogens with zero attached hydrogens (tertiary/aromatic N) is 4. The molecule has 0 fully saturated rings. The minimum absolute atomic E-state index is 0.0419. The van der Waals surface area contributed by atoms with Gasteiger partial charge in [0.2, 0.25) is 0 Å². The maximum atomic E-state index is 13.3. The smallest absolute Gasteiger partial charge is 0.265 e. The second-order valence-corrected chi connectivity index (χ2v) is 7.57. The maximum absolute atomic E-state index is 13.3. The van der Waals surface area contributed by atoms with E-state index in [-0.39, 0.29) is 30.3 Å². The molecule has 0 spiro atoms. The van der Waals surface area contributed by atoms with E-state index in [0.717, 1.165) is 5.56 Å². The Bertz CT molecular complexity index is 1450. The van der Waals surface area contributed by atoms with Crippen molar-refractivity contribution in [2.24, 2.45) is 5.10 Å². The molecular weight excluding hydrogens is 418 g/mol. The standard InChI is InChI=1S/C25H19N5O3/c31-22-15-21(28-30(22)19-11-5-2-6-12-19)27-24(32)20-14-18-10-7-13-26-23(18)29(25(20)33)16-17-8-3-1-4-9-17/h1-14H,15-16H2,(H,27,28,32). The molecule has 5 rings (SSSR count). The molecule has 8 nitrogen and oxygen atoms in total. The molecule has 4 aromatic rings. The molecule has 1 N–H and O–H groups in total. The number of nitrogens with one attached hydrogen (secondary N) is 1. The summed E-state index contributed by atoms with van der Waals surface area (Å²) >= 11 is 0. The Hall–Kier alpha value is -4.59. The van der Waals surface area contributed by atoms with E-state index in [0.29, 0.717) is 16.7 Å². The van der Waals surface area contributed by atoms with Crippen LogP contribution in [-0.4, -0.2) is 27.2 Å². The summed E-state index contributed by atoms with van der Waals surface area (Å²) in [5.74, 6) is -0.691. The summed E-state index contributed by atoms with van der Waals surface area (Å²) in [6.07, 6.45) is 1.55. The fourth-order valence-corrected chi connectivity index (χ4v) is 3.75. The maximum Gasteiger partial charge on any atom is 0.265 e. The number of fused-ring (bicyclic) bond motifs is 1. The van der Waals surface area contributed by atoms with Crippen LogP contribution in [0.5, 0.6) is 0 Å². The number of hydrogen-bond donors (Lipinski definition) is 1. The van der Waals surface area contributed by atoms with Crippen molar-refractivity contribution in [3.63, 3.8) is 0 Å². The summed E-state index contributed by atoms with van der Waals surface area (Å²) in [6, 6.07) is 23.5. The summed E-state index contributed by atoms with van der Waals surface area (Å²) in [5.41, 5.74) is 1.50. The van der Waals surface area contributed by atoms with Crippen LogP contribution in [0.25, 0.3) is 11.0 Å². The van der Waals surface area contributed by atoms with E-state index in [1.54, 1.807) is 42.6 Å². The number of amides is 2. The lowest BCUT2D eigenvalue weighted by Crippen LogP contribution is -2.36. The lowest BCUT2D eigenvalue weighted by molar-refractivity contribution is -0.116. The molecule has 0 saturated carbocycles. The van der Waals surface area contributed by atoms with Gasteiger partial charge in [0, 0.05) is 11.6 Å². The quantitative estimate of drug-likeness (QED) is 0.531. The number of benzene rings is 2. The summed E-state index contributed by atoms with van der Waals surface area (Å²) < 4.78 is 1.48. The fraction of sp³-hybridized carbons (Fsp3) is 0.0800. The van der Waals surface area contributed by atoms with Gasteiger partial charge >= 0.3 is 0 Å². The molecule has 33 heavy (non-hydrogen) atoms. The number of para-hydroxylation sites is 1. The van der Waals surface area contributed by atoms with Gasteiger partial charge in [-0.15, -0.1) is 0 Å². The number of pyridine rings is 2. The van der Waals surface area contributed by atoms with E-state index in [9.17, 15) is 14.4 Å². The molecule has 1 aliphatic heterocycles. The Balaban J connectivity index is 1.48. The van der Waals surface area contributed by atoms with Crippen LogP contribution < -0.4 is 15.9 Å². The topological polar surface area (TPSA) is 96.7 Å². The highest BCUT2D eigenvalue weighted by Gasteiger charge is 2.27. The highest BCUT2D eigenvalue weighted by Crippen LogP contribution is 2.19. The number of carbonyl (C=O) groups is 2. The average molecular weight is 437 g/mol. The first-order chi connectivity index (χ1) is 16.1. The number of amidine groups is 1. The van der Waals surface area contributed by atoms with Crippen molar-refractivity contribution >= 4 is 34.4 Å². The molecule has 0 atom stereocenters. The van der Waals surface area contributed by atoms with Crippen molar-refractivity contribution in [3.05, 3.63) is 107 Å². The molecule has 2 amide bonds. The van der Waals surface area contributed by atoms with Gasteiger partial charge < -0.3 is 5.32 Å². The molecule has 162 valence electrons. The van der Waals surface area contributed by atoms with E-state index in [1.165, 1.54) is 15.6 Å². The molecule has 0 saturated heterocycles. The molecule has 0 radical (unpaired) electrons. The van der Waals surface area contributed by atoms with Gasteiger partial charge in [-0.1, -0.05) is 48.5 Å². The Morgan fingerprint density at radius 3 is 2.42 bits per heavy atom. The van der Waals surface area contributed by atoms with E-state index < -0.39 is 11.5 Å². The van der Waals surface area contributed by atoms with Crippen LogP contribution in [0.2, 0.25) is 0 Å². The zero-order valence-electron chi connectivity index (χ0n) is 17.5. The van der Waals surface area contributed by atoms with E-state index >= 15 is 0 Å². The third-order valence-corrected chi connectivity index (χ3v) is 5.31. The zero-order chi connectivity index (χ0) is 22.8. The van der Waals surface area contributed by atoms with Crippen molar-refractivity contribution < 1.29 is 9.59 Å². The largest absolute Gasteiger partial charge is 0.308 e. The minimum atomic E-state index is -0.617. The number of hydrogen-bond acceptors (Lipinski definition) is 5. The number of rotatable bonds is 4. The van der Waals surface area contributed by atoms with Gasteiger partial charge in [-0.2, -0.15) is 10.1 Å². The monoisotopic (exact) mass is 437 g/mol. The van der Waals surface area contributed by atoms with E-state index in [2.05, 4.69) is 15.4 Å². The highest BCUT2D eigenvalue weighted by molar-refractivity contribution is 6.18. The third-order valence-electron chi connectivity index (χ3n) is 5.31. The molecular formula is C25H19N5O3. The summed E-state index contributed by atoms with van der Waals surface area (Å²) in [5, 5.41) is 8.78. The SMILES string of the molecule is O=C(NC1=NN(c2ccccc2)C(=O)C1)c1cc2cccnc2n(Cc2ccccc2)c1=O. The Labute approximate surface area is 188 Å². The van der Waals surface area contributed by atoms with Gasteiger partial charge in [0.1, 0.15) is 17.0 Å². The van der Waals surface area contributed by atoms with Crippen LogP contribution >= 0.6 is 0 Å². The van der Waals surface area contributed by atoms with Crippen LogP contribution in [0.4, 0.5) is 5.69 Å². The Morgan fingerprint density at radius 1 is 0.939 bits per heavy atom. The summed E-state index contributed by atoms with van der Waals surface area (Å²) in [4.78, 5) is 43.1. The van der Waals surface area contributed by atoms with Gasteiger partial charge in [0.15, 0.2) is 0 Å². The number of anilines is 1. The third kappa shape index (κ3) is 4.01. The lowest BCUT2D eigenvalue weighted by Gasteiger charge is -2.12.